The molecule has 0 aromatic rings. The summed E-state index contributed by atoms with van der Waals surface area (Å²) in [7, 11) is 0. The van der Waals surface area contributed by atoms with E-state index in [9.17, 15) is 39.6 Å². The van der Waals surface area contributed by atoms with Gasteiger partial charge < -0.3 is 39.6 Å². The third kappa shape index (κ3) is 35.9. The summed E-state index contributed by atoms with van der Waals surface area (Å²) in [4.78, 5) is 41.7. The Morgan fingerprint density at radius 1 is 0.327 bits per heavy atom. The Labute approximate surface area is 350 Å². The van der Waals surface area contributed by atoms with Crippen molar-refractivity contribution in [2.45, 2.75) is 48.5 Å². The fraction of sp³-hybridized carbons (Fsp3) is 0.179. The van der Waals surface area contributed by atoms with E-state index in [0.29, 0.717) is 0 Å². The Hall–Kier alpha value is -3.24. The smallest absolute Gasteiger partial charge is 0.545 e. The van der Waals surface area contributed by atoms with Crippen LogP contribution >= 0.6 is 0 Å². The van der Waals surface area contributed by atoms with Crippen LogP contribution in [0, 0.1) is 0 Å². The fourth-order valence-corrected chi connectivity index (χ4v) is 2.63. The van der Waals surface area contributed by atoms with Gasteiger partial charge in [-0.25, -0.2) is 0 Å². The minimum atomic E-state index is -1.23. The second kappa shape index (κ2) is 33.3. The third-order valence-electron chi connectivity index (χ3n) is 5.44. The minimum absolute atomic E-state index is 0. The molecule has 0 aliphatic heterocycles. The van der Waals surface area contributed by atoms with Gasteiger partial charge in [0.2, 0.25) is 0 Å². The maximum Gasteiger partial charge on any atom is 2.00 e. The van der Waals surface area contributed by atoms with Crippen LogP contribution in [0.5, 0.6) is 0 Å². The Balaban J connectivity index is -0.000000397. The molecular weight excluding hydrogens is 677 g/mol. The molecule has 250 valence electrons. The topological polar surface area (TPSA) is 161 Å². The van der Waals surface area contributed by atoms with Crippen LogP contribution in [0.4, 0.5) is 0 Å². The van der Waals surface area contributed by atoms with Crippen molar-refractivity contribution in [1.82, 2.24) is 0 Å². The molecule has 49 heavy (non-hydrogen) atoms. The average Bonchev–Trinajstić information content (AvgIpc) is 2.99. The summed E-state index contributed by atoms with van der Waals surface area (Å²) >= 11 is 0. The second-order valence-electron chi connectivity index (χ2n) is 9.94. The summed E-state index contributed by atoms with van der Waals surface area (Å²) in [5.41, 5.74) is 4.35. The quantitative estimate of drug-likeness (QED) is 0.134. The van der Waals surface area contributed by atoms with Gasteiger partial charge in [-0.1, -0.05) is 144 Å². The zero-order chi connectivity index (χ0) is 36.2. The molecule has 0 spiro atoms. The monoisotopic (exact) mass is 718 g/mol. The van der Waals surface area contributed by atoms with Gasteiger partial charge in [-0.2, -0.15) is 0 Å². The molecule has 0 heterocycles. The molecule has 0 fully saturated rings. The molecule has 0 radical (unpaired) electrons. The molecule has 10 heteroatoms. The Morgan fingerprint density at radius 3 is 0.776 bits per heavy atom. The predicted octanol–water partition coefficient (Wildman–Crippen LogP) is 2.73. The fourth-order valence-electron chi connectivity index (χ4n) is 2.63. The molecule has 0 amide bonds. The number of carboxylic acids is 4. The summed E-state index contributed by atoms with van der Waals surface area (Å²) in [6.07, 6.45) is 35.4. The summed E-state index contributed by atoms with van der Waals surface area (Å²) < 4.78 is 0. The van der Waals surface area contributed by atoms with Gasteiger partial charge in [-0.05, 0) is 71.3 Å². The van der Waals surface area contributed by atoms with Crippen molar-refractivity contribution in [3.05, 3.63) is 167 Å². The maximum atomic E-state index is 10.5. The van der Waals surface area contributed by atoms with Gasteiger partial charge in [0.05, 0.1) is 23.9 Å². The van der Waals surface area contributed by atoms with E-state index in [2.05, 4.69) is 0 Å². The van der Waals surface area contributed by atoms with E-state index >= 15 is 0 Å². The SMILES string of the molecule is CC(/C=C/C=C(\C)C(=O)[O-])=C\C=C\C=C(C)\C=C\C=C(/C)C(=O)[O-].CC(/C=C/C=C/C(=O)[O-])=C\C=C\C=C(C)\C=C\C=C(/C)C(=O)[O-].[Ca+2].[Ca+2]. The first kappa shape index (κ1) is 52.6. The van der Waals surface area contributed by atoms with Crippen LogP contribution < -0.4 is 20.4 Å². The molecule has 8 nitrogen and oxygen atoms in total. The number of allylic oxidation sites excluding steroid dienone is 24. The molecule has 0 rings (SSSR count). The van der Waals surface area contributed by atoms with Gasteiger partial charge in [0.1, 0.15) is 0 Å². The number of rotatable bonds is 16. The molecule has 0 bridgehead atoms. The van der Waals surface area contributed by atoms with E-state index < -0.39 is 23.9 Å². The molecule has 0 saturated heterocycles. The average molecular weight is 719 g/mol. The Kier molecular flexibility index (Phi) is 35.7. The molecule has 0 aromatic heterocycles. The molecule has 0 aliphatic carbocycles. The van der Waals surface area contributed by atoms with Crippen molar-refractivity contribution in [3.63, 3.8) is 0 Å². The number of carbonyl (C=O) groups is 4. The molecule has 0 aromatic carbocycles. The Bertz CT molecular complexity index is 1470. The molecule has 0 N–H and O–H groups in total. The number of hydrogen-bond acceptors (Lipinski definition) is 8. The van der Waals surface area contributed by atoms with E-state index in [4.69, 9.17) is 0 Å². The van der Waals surface area contributed by atoms with Crippen molar-refractivity contribution in [2.75, 3.05) is 0 Å². The first-order chi connectivity index (χ1) is 22.1. The second-order valence-corrected chi connectivity index (χ2v) is 9.94. The largest absolute Gasteiger partial charge is 2.00 e. The molecule has 0 aliphatic rings. The third-order valence-corrected chi connectivity index (χ3v) is 5.44. The van der Waals surface area contributed by atoms with Crippen LogP contribution in [0.3, 0.4) is 0 Å². The van der Waals surface area contributed by atoms with Crippen LogP contribution in [-0.4, -0.2) is 99.4 Å². The standard InChI is InChI=1S/C20H24O4.C19H22O4.2Ca/c1-15(11-7-13-17(3)19(21)22)9-5-6-10-16(2)12-8-14-18(4)20(23)24;1-15(11-6-7-14-18(20)21)9-4-5-10-16(2)12-8-13-17(3)19(22)23;;/h5-14H,1-4H3,(H,21,22)(H,23,24);4-14H,1-3H3,(H,20,21)(H,22,23);;/q;;2*+2/p-4/b6-5+,11-7+,12-8+,15-9+,16-10+,17-13+,18-14+;5-4+,11-6+,12-8+,14-7+,15-9+,16-10+,17-13+;;. The van der Waals surface area contributed by atoms with Crippen molar-refractivity contribution < 1.29 is 39.6 Å². The van der Waals surface area contributed by atoms with Crippen LogP contribution in [-0.2, 0) is 19.2 Å². The number of carbonyl (C=O) groups excluding carboxylic acids is 4. The van der Waals surface area contributed by atoms with E-state index in [0.717, 1.165) is 28.4 Å². The van der Waals surface area contributed by atoms with Crippen LogP contribution in [0.1, 0.15) is 48.5 Å². The van der Waals surface area contributed by atoms with Crippen LogP contribution in [0.25, 0.3) is 0 Å². The predicted molar refractivity (Wildman–Crippen MR) is 192 cm³/mol. The summed E-state index contributed by atoms with van der Waals surface area (Å²) in [5.74, 6) is -4.77. The number of hydrogen-bond donors (Lipinski definition) is 0. The van der Waals surface area contributed by atoms with Gasteiger partial charge in [0.25, 0.3) is 0 Å². The van der Waals surface area contributed by atoms with E-state index in [1.54, 1.807) is 48.6 Å². The van der Waals surface area contributed by atoms with Crippen LogP contribution in [0.15, 0.2) is 167 Å². The number of carboxylic acid groups (broad SMARTS) is 4. The van der Waals surface area contributed by atoms with Crippen molar-refractivity contribution >= 4 is 99.4 Å². The number of aliphatic carboxylic acids is 4. The Morgan fingerprint density at radius 2 is 0.551 bits per heavy atom. The zero-order valence-electron chi connectivity index (χ0n) is 29.3. The minimum Gasteiger partial charge on any atom is -0.545 e. The van der Waals surface area contributed by atoms with E-state index in [1.807, 2.05) is 76.3 Å². The van der Waals surface area contributed by atoms with Crippen molar-refractivity contribution in [3.8, 4) is 0 Å². The molecule has 0 atom stereocenters. The van der Waals surface area contributed by atoms with Gasteiger partial charge in [0, 0.05) is 0 Å². The zero-order valence-corrected chi connectivity index (χ0v) is 33.7. The summed E-state index contributed by atoms with van der Waals surface area (Å²) in [6.45, 7) is 12.0. The summed E-state index contributed by atoms with van der Waals surface area (Å²) in [5, 5.41) is 41.7. The van der Waals surface area contributed by atoms with E-state index in [-0.39, 0.29) is 92.2 Å². The van der Waals surface area contributed by atoms with Crippen molar-refractivity contribution in [1.29, 1.82) is 0 Å². The van der Waals surface area contributed by atoms with Gasteiger partial charge in [0.15, 0.2) is 0 Å². The maximum absolute atomic E-state index is 10.5. The van der Waals surface area contributed by atoms with Gasteiger partial charge in [-0.3, -0.25) is 0 Å². The van der Waals surface area contributed by atoms with E-state index in [1.165, 1.54) is 45.1 Å². The normalized spacial score (nSPS) is 14.2. The van der Waals surface area contributed by atoms with Crippen LogP contribution in [0.2, 0.25) is 0 Å². The first-order valence-corrected chi connectivity index (χ1v) is 14.3. The van der Waals surface area contributed by atoms with Gasteiger partial charge >= 0.3 is 75.5 Å². The molecule has 0 unspecified atom stereocenters. The first-order valence-electron chi connectivity index (χ1n) is 14.3. The van der Waals surface area contributed by atoms with Crippen molar-refractivity contribution in [2.24, 2.45) is 0 Å². The molecule has 0 saturated carbocycles. The molecular formula is C39H42Ca2O8. The summed E-state index contributed by atoms with van der Waals surface area (Å²) in [6, 6.07) is 0. The van der Waals surface area contributed by atoms with Gasteiger partial charge in [-0.15, -0.1) is 0 Å².